The van der Waals surface area contributed by atoms with Crippen LogP contribution in [0.25, 0.3) is 0 Å². The summed E-state index contributed by atoms with van der Waals surface area (Å²) in [5, 5.41) is 12.2. The molecule has 1 aromatic rings. The zero-order chi connectivity index (χ0) is 15.3. The maximum Gasteiger partial charge on any atom is 0.310 e. The Kier molecular flexibility index (Phi) is 4.98. The third kappa shape index (κ3) is 3.83. The summed E-state index contributed by atoms with van der Waals surface area (Å²) in [6, 6.07) is 0. The molecule has 0 aliphatic heterocycles. The number of hydrogen-bond donors (Lipinski definition) is 2. The number of aryl methyl sites for hydroxylation is 1. The minimum atomic E-state index is -0.895. The van der Waals surface area contributed by atoms with E-state index < -0.39 is 11.4 Å². The predicted molar refractivity (Wildman–Crippen MR) is 75.5 cm³/mol. The van der Waals surface area contributed by atoms with E-state index in [0.717, 1.165) is 31.4 Å². The first kappa shape index (κ1) is 15.5. The molecule has 2 rings (SSSR count). The lowest BCUT2D eigenvalue weighted by Gasteiger charge is -2.32. The Labute approximate surface area is 123 Å². The number of amides is 1. The Balaban J connectivity index is 1.89. The highest BCUT2D eigenvalue weighted by Gasteiger charge is 2.41. The quantitative estimate of drug-likeness (QED) is 0.839. The predicted octanol–water partition coefficient (Wildman–Crippen LogP) is 2.28. The Morgan fingerprint density at radius 1 is 1.38 bits per heavy atom. The molecule has 6 heteroatoms. The first-order valence-electron chi connectivity index (χ1n) is 7.49. The van der Waals surface area contributed by atoms with Gasteiger partial charge in [0.1, 0.15) is 5.76 Å². The van der Waals surface area contributed by atoms with Crippen LogP contribution in [0.4, 0.5) is 0 Å². The number of carbonyl (C=O) groups is 2. The highest BCUT2D eigenvalue weighted by Crippen LogP contribution is 2.39. The average Bonchev–Trinajstić information content (AvgIpc) is 2.94. The zero-order valence-electron chi connectivity index (χ0n) is 12.4. The van der Waals surface area contributed by atoms with Gasteiger partial charge in [-0.3, -0.25) is 9.59 Å². The topological polar surface area (TPSA) is 92.4 Å². The molecular weight excluding hydrogens is 272 g/mol. The molecule has 0 radical (unpaired) electrons. The number of oxazole rings is 1. The SMILES string of the molecule is CCc1cnc(CNC(=O)CC2(C(=O)O)CCCCC2)o1. The van der Waals surface area contributed by atoms with Gasteiger partial charge in [-0.1, -0.05) is 26.2 Å². The van der Waals surface area contributed by atoms with E-state index in [-0.39, 0.29) is 18.9 Å². The van der Waals surface area contributed by atoms with Crippen LogP contribution in [0.3, 0.4) is 0 Å². The Bertz CT molecular complexity index is 504. The third-order valence-electron chi connectivity index (χ3n) is 4.15. The largest absolute Gasteiger partial charge is 0.481 e. The van der Waals surface area contributed by atoms with Crippen LogP contribution in [-0.2, 0) is 22.6 Å². The van der Waals surface area contributed by atoms with Gasteiger partial charge in [-0.2, -0.15) is 0 Å². The van der Waals surface area contributed by atoms with E-state index in [0.29, 0.717) is 18.7 Å². The fraction of sp³-hybridized carbons (Fsp3) is 0.667. The van der Waals surface area contributed by atoms with E-state index in [9.17, 15) is 14.7 Å². The van der Waals surface area contributed by atoms with E-state index >= 15 is 0 Å². The molecule has 6 nitrogen and oxygen atoms in total. The number of nitrogens with one attached hydrogen (secondary N) is 1. The van der Waals surface area contributed by atoms with Gasteiger partial charge >= 0.3 is 5.97 Å². The summed E-state index contributed by atoms with van der Waals surface area (Å²) in [4.78, 5) is 27.6. The number of aromatic nitrogens is 1. The highest BCUT2D eigenvalue weighted by molar-refractivity contribution is 5.85. The van der Waals surface area contributed by atoms with Gasteiger partial charge in [0.2, 0.25) is 11.8 Å². The molecule has 1 saturated carbocycles. The van der Waals surface area contributed by atoms with Gasteiger partial charge in [0.25, 0.3) is 0 Å². The van der Waals surface area contributed by atoms with Crippen LogP contribution in [0.15, 0.2) is 10.6 Å². The van der Waals surface area contributed by atoms with Crippen molar-refractivity contribution in [2.24, 2.45) is 5.41 Å². The minimum Gasteiger partial charge on any atom is -0.481 e. The zero-order valence-corrected chi connectivity index (χ0v) is 12.4. The molecule has 0 atom stereocenters. The lowest BCUT2D eigenvalue weighted by molar-refractivity contribution is -0.154. The van der Waals surface area contributed by atoms with Gasteiger partial charge in [0.05, 0.1) is 18.2 Å². The molecule has 0 spiro atoms. The van der Waals surface area contributed by atoms with Crippen molar-refractivity contribution in [2.45, 2.75) is 58.4 Å². The van der Waals surface area contributed by atoms with Crippen LogP contribution in [0, 0.1) is 5.41 Å². The van der Waals surface area contributed by atoms with Crippen molar-refractivity contribution in [1.29, 1.82) is 0 Å². The number of carboxylic acids is 1. The second kappa shape index (κ2) is 6.74. The summed E-state index contributed by atoms with van der Waals surface area (Å²) >= 11 is 0. The average molecular weight is 294 g/mol. The number of nitrogens with zero attached hydrogens (tertiary/aromatic N) is 1. The Hall–Kier alpha value is -1.85. The molecule has 0 aromatic carbocycles. The fourth-order valence-electron chi connectivity index (χ4n) is 2.83. The van der Waals surface area contributed by atoms with Gasteiger partial charge in [-0.25, -0.2) is 4.98 Å². The molecule has 2 N–H and O–H groups in total. The summed E-state index contributed by atoms with van der Waals surface area (Å²) in [6.07, 6.45) is 6.38. The number of hydrogen-bond acceptors (Lipinski definition) is 4. The van der Waals surface area contributed by atoms with Gasteiger partial charge in [0, 0.05) is 12.8 Å². The van der Waals surface area contributed by atoms with Crippen LogP contribution >= 0.6 is 0 Å². The van der Waals surface area contributed by atoms with E-state index in [1.807, 2.05) is 6.92 Å². The minimum absolute atomic E-state index is 0.0314. The second-order valence-corrected chi connectivity index (χ2v) is 5.67. The third-order valence-corrected chi connectivity index (χ3v) is 4.15. The smallest absolute Gasteiger partial charge is 0.310 e. The monoisotopic (exact) mass is 294 g/mol. The lowest BCUT2D eigenvalue weighted by atomic mass is 9.71. The van der Waals surface area contributed by atoms with E-state index in [1.165, 1.54) is 0 Å². The van der Waals surface area contributed by atoms with Crippen molar-refractivity contribution in [2.75, 3.05) is 0 Å². The van der Waals surface area contributed by atoms with Crippen LogP contribution in [0.2, 0.25) is 0 Å². The Morgan fingerprint density at radius 3 is 2.67 bits per heavy atom. The van der Waals surface area contributed by atoms with Gasteiger partial charge in [-0.05, 0) is 12.8 Å². The fourth-order valence-corrected chi connectivity index (χ4v) is 2.83. The lowest BCUT2D eigenvalue weighted by Crippen LogP contribution is -2.39. The molecular formula is C15H22N2O4. The number of aliphatic carboxylic acids is 1. The standard InChI is InChI=1S/C15H22N2O4/c1-2-11-9-17-13(21-11)10-16-12(18)8-15(14(19)20)6-4-3-5-7-15/h9H,2-8,10H2,1H3,(H,16,18)(H,19,20). The molecule has 1 fully saturated rings. The second-order valence-electron chi connectivity index (χ2n) is 5.67. The normalized spacial score (nSPS) is 17.4. The van der Waals surface area contributed by atoms with Crippen LogP contribution < -0.4 is 5.32 Å². The van der Waals surface area contributed by atoms with Crippen molar-refractivity contribution >= 4 is 11.9 Å². The van der Waals surface area contributed by atoms with Crippen molar-refractivity contribution < 1.29 is 19.1 Å². The summed E-state index contributed by atoms with van der Waals surface area (Å²) in [5.74, 6) is 0.110. The number of rotatable bonds is 6. The van der Waals surface area contributed by atoms with E-state index in [2.05, 4.69) is 10.3 Å². The van der Waals surface area contributed by atoms with Gasteiger partial charge < -0.3 is 14.8 Å². The molecule has 1 aliphatic carbocycles. The maximum absolute atomic E-state index is 12.0. The van der Waals surface area contributed by atoms with Crippen LogP contribution in [-0.4, -0.2) is 22.0 Å². The molecule has 1 heterocycles. The van der Waals surface area contributed by atoms with E-state index in [4.69, 9.17) is 4.42 Å². The van der Waals surface area contributed by atoms with Gasteiger partial charge in [0.15, 0.2) is 0 Å². The molecule has 0 unspecified atom stereocenters. The molecule has 1 aliphatic rings. The molecule has 1 aromatic heterocycles. The summed E-state index contributed by atoms with van der Waals surface area (Å²) in [7, 11) is 0. The van der Waals surface area contributed by atoms with Crippen LogP contribution in [0.1, 0.15) is 57.1 Å². The Morgan fingerprint density at radius 2 is 2.10 bits per heavy atom. The first-order valence-corrected chi connectivity index (χ1v) is 7.49. The van der Waals surface area contributed by atoms with Gasteiger partial charge in [-0.15, -0.1) is 0 Å². The molecule has 116 valence electrons. The molecule has 1 amide bonds. The first-order chi connectivity index (χ1) is 10.1. The highest BCUT2D eigenvalue weighted by atomic mass is 16.4. The van der Waals surface area contributed by atoms with E-state index in [1.54, 1.807) is 6.20 Å². The van der Waals surface area contributed by atoms with Crippen molar-refractivity contribution in [3.8, 4) is 0 Å². The number of carboxylic acid groups (broad SMARTS) is 1. The summed E-state index contributed by atoms with van der Waals surface area (Å²) < 4.78 is 5.40. The van der Waals surface area contributed by atoms with Crippen molar-refractivity contribution in [3.05, 3.63) is 17.8 Å². The molecule has 21 heavy (non-hydrogen) atoms. The molecule has 0 bridgehead atoms. The van der Waals surface area contributed by atoms with Crippen molar-refractivity contribution in [3.63, 3.8) is 0 Å². The molecule has 0 saturated heterocycles. The summed E-state index contributed by atoms with van der Waals surface area (Å²) in [6.45, 7) is 2.16. The van der Waals surface area contributed by atoms with Crippen LogP contribution in [0.5, 0.6) is 0 Å². The maximum atomic E-state index is 12.0. The number of carbonyl (C=O) groups excluding carboxylic acids is 1. The van der Waals surface area contributed by atoms with Crippen molar-refractivity contribution in [1.82, 2.24) is 10.3 Å². The summed E-state index contributed by atoms with van der Waals surface area (Å²) in [5.41, 5.74) is -0.895.